The van der Waals surface area contributed by atoms with Crippen LogP contribution in [-0.2, 0) is 4.79 Å². The lowest BCUT2D eigenvalue weighted by molar-refractivity contribution is -0.115. The van der Waals surface area contributed by atoms with E-state index in [9.17, 15) is 13.6 Å². The first-order valence-corrected chi connectivity index (χ1v) is 9.47. The van der Waals surface area contributed by atoms with Crippen LogP contribution in [0.3, 0.4) is 0 Å². The minimum atomic E-state index is -0.818. The third kappa shape index (κ3) is 3.49. The lowest BCUT2D eigenvalue weighted by atomic mass is 10.0. The van der Waals surface area contributed by atoms with Crippen LogP contribution >= 0.6 is 0 Å². The molecule has 2 aromatic carbocycles. The Balaban J connectivity index is 1.51. The van der Waals surface area contributed by atoms with Crippen LogP contribution in [0.4, 0.5) is 25.8 Å². The molecule has 2 aromatic rings. The third-order valence-electron chi connectivity index (χ3n) is 5.37. The van der Waals surface area contributed by atoms with Gasteiger partial charge in [0.1, 0.15) is 17.6 Å². The highest BCUT2D eigenvalue weighted by molar-refractivity contribution is 6.12. The molecule has 1 unspecified atom stereocenters. The van der Waals surface area contributed by atoms with Gasteiger partial charge < -0.3 is 15.1 Å². The zero-order chi connectivity index (χ0) is 19.7. The molecule has 1 fully saturated rings. The zero-order valence-corrected chi connectivity index (χ0v) is 15.7. The molecular formula is C21H22F2N4O. The number of aliphatic imine (C=N–C) groups is 1. The number of likely N-dealkylation sites (N-methyl/N-ethyl adjacent to an activating group) is 1. The summed E-state index contributed by atoms with van der Waals surface area (Å²) in [6, 6.07) is 9.29. The van der Waals surface area contributed by atoms with Crippen molar-refractivity contribution in [3.05, 3.63) is 53.6 Å². The number of halogens is 2. The van der Waals surface area contributed by atoms with Crippen LogP contribution in [0.15, 0.2) is 41.4 Å². The third-order valence-corrected chi connectivity index (χ3v) is 5.37. The first-order chi connectivity index (χ1) is 13.6. The number of anilines is 2. The average molecular weight is 384 g/mol. The monoisotopic (exact) mass is 384 g/mol. The van der Waals surface area contributed by atoms with Crippen LogP contribution < -0.4 is 10.2 Å². The zero-order valence-electron chi connectivity index (χ0n) is 15.7. The lowest BCUT2D eigenvalue weighted by Gasteiger charge is -2.35. The molecule has 2 heterocycles. The fourth-order valence-electron chi connectivity index (χ4n) is 3.74. The molecule has 1 atom stereocenters. The van der Waals surface area contributed by atoms with Crippen LogP contribution in [0.1, 0.15) is 18.4 Å². The highest BCUT2D eigenvalue weighted by Gasteiger charge is 2.31. The molecule has 7 heteroatoms. The molecule has 0 bridgehead atoms. The molecule has 0 aromatic heterocycles. The van der Waals surface area contributed by atoms with E-state index >= 15 is 0 Å². The van der Waals surface area contributed by atoms with Gasteiger partial charge in [-0.25, -0.2) is 8.78 Å². The summed E-state index contributed by atoms with van der Waals surface area (Å²) >= 11 is 0. The number of nitrogens with zero attached hydrogens (tertiary/aromatic N) is 3. The Morgan fingerprint density at radius 2 is 1.93 bits per heavy atom. The van der Waals surface area contributed by atoms with Gasteiger partial charge >= 0.3 is 0 Å². The highest BCUT2D eigenvalue weighted by atomic mass is 19.1. The molecule has 146 valence electrons. The molecule has 1 amide bonds. The van der Waals surface area contributed by atoms with Crippen molar-refractivity contribution in [3.8, 4) is 0 Å². The highest BCUT2D eigenvalue weighted by Crippen LogP contribution is 2.34. The van der Waals surface area contributed by atoms with E-state index in [-0.39, 0.29) is 17.3 Å². The van der Waals surface area contributed by atoms with Crippen molar-refractivity contribution < 1.29 is 13.6 Å². The molecular weight excluding hydrogens is 362 g/mol. The van der Waals surface area contributed by atoms with Gasteiger partial charge in [0, 0.05) is 49.7 Å². The molecule has 2 aliphatic heterocycles. The fourth-order valence-corrected chi connectivity index (χ4v) is 3.74. The van der Waals surface area contributed by atoms with Crippen LogP contribution in [0, 0.1) is 11.6 Å². The van der Waals surface area contributed by atoms with E-state index in [0.717, 1.165) is 32.7 Å². The van der Waals surface area contributed by atoms with Crippen LogP contribution in [0.25, 0.3) is 0 Å². The molecule has 28 heavy (non-hydrogen) atoms. The van der Waals surface area contributed by atoms with Crippen molar-refractivity contribution in [2.45, 2.75) is 12.8 Å². The molecule has 0 spiro atoms. The number of benzene rings is 2. The second kappa shape index (κ2) is 7.67. The maximum Gasteiger partial charge on any atom is 0.237 e. The summed E-state index contributed by atoms with van der Waals surface area (Å²) in [5.74, 6) is -1.96. The summed E-state index contributed by atoms with van der Waals surface area (Å²) in [5, 5.41) is 2.64. The molecule has 5 nitrogen and oxygen atoms in total. The smallest absolute Gasteiger partial charge is 0.237 e. The Hall–Kier alpha value is -2.80. The summed E-state index contributed by atoms with van der Waals surface area (Å²) in [4.78, 5) is 20.7. The summed E-state index contributed by atoms with van der Waals surface area (Å²) in [6.45, 7) is 6.52. The predicted molar refractivity (Wildman–Crippen MR) is 107 cm³/mol. The molecule has 1 saturated heterocycles. The minimum Gasteiger partial charge on any atom is -0.367 e. The SMILES string of the molecule is CCN1CCN(c2ccc(N=CC3C(=O)Nc4cccc(F)c43)cc2F)CC1. The quantitative estimate of drug-likeness (QED) is 0.821. The van der Waals surface area contributed by atoms with Gasteiger partial charge in [0.2, 0.25) is 5.91 Å². The maximum atomic E-state index is 14.6. The van der Waals surface area contributed by atoms with E-state index in [0.29, 0.717) is 17.1 Å². The molecule has 0 aliphatic carbocycles. The van der Waals surface area contributed by atoms with Gasteiger partial charge in [0.05, 0.1) is 11.4 Å². The van der Waals surface area contributed by atoms with E-state index in [1.54, 1.807) is 24.3 Å². The average Bonchev–Trinajstić information content (AvgIpc) is 3.03. The Morgan fingerprint density at radius 3 is 2.64 bits per heavy atom. The number of nitrogens with one attached hydrogen (secondary N) is 1. The fraction of sp³-hybridized carbons (Fsp3) is 0.333. The van der Waals surface area contributed by atoms with Gasteiger partial charge in [0.15, 0.2) is 0 Å². The van der Waals surface area contributed by atoms with E-state index in [1.807, 2.05) is 4.90 Å². The molecule has 0 saturated carbocycles. The lowest BCUT2D eigenvalue weighted by Crippen LogP contribution is -2.46. The number of hydrogen-bond acceptors (Lipinski definition) is 4. The van der Waals surface area contributed by atoms with Crippen molar-refractivity contribution in [3.63, 3.8) is 0 Å². The van der Waals surface area contributed by atoms with Crippen molar-refractivity contribution in [1.82, 2.24) is 4.90 Å². The van der Waals surface area contributed by atoms with Gasteiger partial charge in [-0.2, -0.15) is 0 Å². The number of carbonyl (C=O) groups excluding carboxylic acids is 1. The van der Waals surface area contributed by atoms with Crippen molar-refractivity contribution in [2.75, 3.05) is 42.9 Å². The topological polar surface area (TPSA) is 47.9 Å². The largest absolute Gasteiger partial charge is 0.367 e. The van der Waals surface area contributed by atoms with Gasteiger partial charge in [-0.3, -0.25) is 9.79 Å². The van der Waals surface area contributed by atoms with Crippen LogP contribution in [0.2, 0.25) is 0 Å². The summed E-state index contributed by atoms with van der Waals surface area (Å²) < 4.78 is 28.7. The molecule has 4 rings (SSSR count). The Labute approximate surface area is 162 Å². The number of amides is 1. The standard InChI is InChI=1S/C21H22F2N4O/c1-2-26-8-10-27(11-9-26)19-7-6-14(12-17(19)23)24-13-15-20-16(22)4-3-5-18(20)25-21(15)28/h3-7,12-13,15H,2,8-11H2,1H3,(H,25,28). The number of fused-ring (bicyclic) bond motifs is 1. The molecule has 0 radical (unpaired) electrons. The van der Waals surface area contributed by atoms with Gasteiger partial charge in [-0.15, -0.1) is 0 Å². The number of carbonyl (C=O) groups is 1. The molecule has 1 N–H and O–H groups in total. The van der Waals surface area contributed by atoms with Gasteiger partial charge in [0.25, 0.3) is 0 Å². The van der Waals surface area contributed by atoms with Crippen molar-refractivity contribution >= 4 is 29.2 Å². The maximum absolute atomic E-state index is 14.6. The van der Waals surface area contributed by atoms with E-state index in [2.05, 4.69) is 22.1 Å². The Morgan fingerprint density at radius 1 is 1.14 bits per heavy atom. The van der Waals surface area contributed by atoms with E-state index in [1.165, 1.54) is 18.3 Å². The van der Waals surface area contributed by atoms with Gasteiger partial charge in [-0.05, 0) is 30.8 Å². The molecule has 2 aliphatic rings. The minimum absolute atomic E-state index is 0.280. The summed E-state index contributed by atoms with van der Waals surface area (Å²) in [6.07, 6.45) is 1.37. The Kier molecular flexibility index (Phi) is 5.09. The van der Waals surface area contributed by atoms with E-state index in [4.69, 9.17) is 0 Å². The summed E-state index contributed by atoms with van der Waals surface area (Å²) in [7, 11) is 0. The number of rotatable bonds is 4. The second-order valence-electron chi connectivity index (χ2n) is 7.00. The summed E-state index contributed by atoms with van der Waals surface area (Å²) in [5.41, 5.74) is 1.69. The van der Waals surface area contributed by atoms with Crippen LogP contribution in [0.5, 0.6) is 0 Å². The Bertz CT molecular complexity index is 923. The normalized spacial score (nSPS) is 19.9. The van der Waals surface area contributed by atoms with Crippen molar-refractivity contribution in [2.24, 2.45) is 4.99 Å². The first-order valence-electron chi connectivity index (χ1n) is 9.47. The number of hydrogen-bond donors (Lipinski definition) is 1. The van der Waals surface area contributed by atoms with E-state index < -0.39 is 11.7 Å². The first kappa shape index (κ1) is 18.6. The second-order valence-corrected chi connectivity index (χ2v) is 7.00. The van der Waals surface area contributed by atoms with Crippen molar-refractivity contribution in [1.29, 1.82) is 0 Å². The number of piperazine rings is 1. The van der Waals surface area contributed by atoms with Crippen LogP contribution in [-0.4, -0.2) is 49.7 Å². The predicted octanol–water partition coefficient (Wildman–Crippen LogP) is 3.54. The van der Waals surface area contributed by atoms with Gasteiger partial charge in [-0.1, -0.05) is 13.0 Å².